The van der Waals surface area contributed by atoms with Crippen LogP contribution in [-0.4, -0.2) is 40.0 Å². The highest BCUT2D eigenvalue weighted by atomic mass is 19.4. The Kier molecular flexibility index (Phi) is 7.81. The minimum Gasteiger partial charge on any atom is -0.353 e. The summed E-state index contributed by atoms with van der Waals surface area (Å²) in [7, 11) is 0. The number of carbonyl (C=O) groups excluding carboxylic acids is 2. The first kappa shape index (κ1) is 28.2. The fourth-order valence-corrected chi connectivity index (χ4v) is 7.97. The first-order valence-electron chi connectivity index (χ1n) is 15.2. The van der Waals surface area contributed by atoms with Gasteiger partial charge in [-0.15, -0.1) is 0 Å². The van der Waals surface area contributed by atoms with Crippen LogP contribution in [0.4, 0.5) is 13.2 Å². The molecular weight excluding hydrogens is 529 g/mol. The highest BCUT2D eigenvalue weighted by molar-refractivity contribution is 5.87. The summed E-state index contributed by atoms with van der Waals surface area (Å²) >= 11 is 0. The number of nitrogens with one attached hydrogen (secondary N) is 2. The number of alkyl halides is 3. The molecule has 0 saturated heterocycles. The third kappa shape index (κ3) is 6.14. The zero-order chi connectivity index (χ0) is 28.7. The Hall–Kier alpha value is -2.97. The Morgan fingerprint density at radius 3 is 2.51 bits per heavy atom. The van der Waals surface area contributed by atoms with E-state index in [1.54, 1.807) is 6.33 Å². The standard InChI is InChI=1S/C32H39F3N4O2/c1-2-29(40)39-28-14-22(11-21-13-26(21)28)27-12-20(10-23-16-36-17-37-30(23)27)18-6-8-19(9-7-18)31(41)38-25-5-3-4-24(15-25)32(33,34)35/h2,10,12,16-19,21-22,24-26,28H,1,3-9,11,13-15H2,(H,38,41)(H,39,40). The maximum atomic E-state index is 13.2. The van der Waals surface area contributed by atoms with Crippen LogP contribution in [0.1, 0.15) is 93.6 Å². The Balaban J connectivity index is 1.13. The summed E-state index contributed by atoms with van der Waals surface area (Å²) in [4.78, 5) is 34.0. The van der Waals surface area contributed by atoms with Crippen LogP contribution in [0.2, 0.25) is 0 Å². The molecule has 0 aliphatic heterocycles. The van der Waals surface area contributed by atoms with Gasteiger partial charge in [0.05, 0.1) is 11.4 Å². The van der Waals surface area contributed by atoms with Gasteiger partial charge in [-0.1, -0.05) is 19.1 Å². The summed E-state index contributed by atoms with van der Waals surface area (Å²) in [5.41, 5.74) is 3.44. The van der Waals surface area contributed by atoms with E-state index in [4.69, 9.17) is 0 Å². The predicted molar refractivity (Wildman–Crippen MR) is 150 cm³/mol. The van der Waals surface area contributed by atoms with Crippen LogP contribution < -0.4 is 10.6 Å². The summed E-state index contributed by atoms with van der Waals surface area (Å²) < 4.78 is 39.7. The quantitative estimate of drug-likeness (QED) is 0.399. The lowest BCUT2D eigenvalue weighted by atomic mass is 9.75. The molecule has 6 unspecified atom stereocenters. The predicted octanol–water partition coefficient (Wildman–Crippen LogP) is 6.33. The molecule has 6 atom stereocenters. The average Bonchev–Trinajstić information content (AvgIpc) is 3.76. The second-order valence-corrected chi connectivity index (χ2v) is 12.9. The molecule has 0 radical (unpaired) electrons. The van der Waals surface area contributed by atoms with Crippen LogP contribution in [0.3, 0.4) is 0 Å². The lowest BCUT2D eigenvalue weighted by Gasteiger charge is -2.34. The Morgan fingerprint density at radius 2 is 1.76 bits per heavy atom. The molecule has 6 nitrogen and oxygen atoms in total. The van der Waals surface area contributed by atoms with E-state index in [-0.39, 0.29) is 42.7 Å². The van der Waals surface area contributed by atoms with Gasteiger partial charge >= 0.3 is 6.18 Å². The van der Waals surface area contributed by atoms with Gasteiger partial charge in [0.15, 0.2) is 0 Å². The van der Waals surface area contributed by atoms with Crippen molar-refractivity contribution >= 4 is 22.7 Å². The van der Waals surface area contributed by atoms with Crippen LogP contribution in [0.5, 0.6) is 0 Å². The number of hydrogen-bond donors (Lipinski definition) is 2. The lowest BCUT2D eigenvalue weighted by molar-refractivity contribution is -0.184. The van der Waals surface area contributed by atoms with E-state index in [1.165, 1.54) is 17.2 Å². The Morgan fingerprint density at radius 1 is 0.951 bits per heavy atom. The number of carbonyl (C=O) groups is 2. The van der Waals surface area contributed by atoms with Crippen molar-refractivity contribution in [1.82, 2.24) is 20.6 Å². The Labute approximate surface area is 239 Å². The fourth-order valence-electron chi connectivity index (χ4n) is 7.97. The minimum absolute atomic E-state index is 0.00653. The second kappa shape index (κ2) is 11.4. The summed E-state index contributed by atoms with van der Waals surface area (Å²) in [6.07, 6.45) is 8.19. The van der Waals surface area contributed by atoms with Gasteiger partial charge in [-0.25, -0.2) is 9.97 Å². The molecule has 2 N–H and O–H groups in total. The number of aromatic nitrogens is 2. The van der Waals surface area contributed by atoms with E-state index in [0.717, 1.165) is 55.8 Å². The number of amides is 2. The van der Waals surface area contributed by atoms with Crippen molar-refractivity contribution in [3.05, 3.63) is 48.4 Å². The first-order chi connectivity index (χ1) is 19.7. The molecule has 6 rings (SSSR count). The topological polar surface area (TPSA) is 84.0 Å². The third-order valence-corrected chi connectivity index (χ3v) is 10.3. The van der Waals surface area contributed by atoms with Crippen LogP contribution in [0, 0.1) is 23.7 Å². The summed E-state index contributed by atoms with van der Waals surface area (Å²) in [5, 5.41) is 7.13. The van der Waals surface area contributed by atoms with E-state index in [2.05, 4.69) is 39.3 Å². The van der Waals surface area contributed by atoms with Crippen molar-refractivity contribution in [2.24, 2.45) is 23.7 Å². The van der Waals surface area contributed by atoms with E-state index >= 15 is 0 Å². The van der Waals surface area contributed by atoms with Crippen molar-refractivity contribution < 1.29 is 22.8 Å². The molecule has 220 valence electrons. The molecule has 4 fully saturated rings. The molecule has 9 heteroatoms. The fraction of sp³-hybridized carbons (Fsp3) is 0.625. The number of benzene rings is 1. The lowest BCUT2D eigenvalue weighted by Crippen LogP contribution is -2.44. The number of rotatable bonds is 6. The number of fused-ring (bicyclic) bond motifs is 2. The number of halogens is 3. The highest BCUT2D eigenvalue weighted by Gasteiger charge is 2.49. The van der Waals surface area contributed by atoms with Crippen LogP contribution in [0.15, 0.2) is 37.3 Å². The average molecular weight is 569 g/mol. The normalized spacial score (nSPS) is 33.4. The second-order valence-electron chi connectivity index (χ2n) is 12.9. The van der Waals surface area contributed by atoms with Gasteiger partial charge in [0.2, 0.25) is 11.8 Å². The van der Waals surface area contributed by atoms with Gasteiger partial charge in [-0.3, -0.25) is 9.59 Å². The first-order valence-corrected chi connectivity index (χ1v) is 15.2. The van der Waals surface area contributed by atoms with Gasteiger partial charge < -0.3 is 10.6 Å². The summed E-state index contributed by atoms with van der Waals surface area (Å²) in [6, 6.07) is 4.25. The monoisotopic (exact) mass is 568 g/mol. The van der Waals surface area contributed by atoms with Gasteiger partial charge in [-0.05, 0) is 111 Å². The third-order valence-electron chi connectivity index (χ3n) is 10.3. The molecule has 4 saturated carbocycles. The maximum absolute atomic E-state index is 13.2. The van der Waals surface area contributed by atoms with Crippen LogP contribution in [0.25, 0.3) is 10.9 Å². The summed E-state index contributed by atoms with van der Waals surface area (Å²) in [6.45, 7) is 3.61. The Bertz CT molecular complexity index is 1310. The molecule has 1 aromatic heterocycles. The van der Waals surface area contributed by atoms with Gasteiger partial charge in [-0.2, -0.15) is 13.2 Å². The van der Waals surface area contributed by atoms with Gasteiger partial charge in [0.25, 0.3) is 0 Å². The van der Waals surface area contributed by atoms with Crippen molar-refractivity contribution in [2.45, 2.75) is 101 Å². The molecule has 4 aliphatic rings. The van der Waals surface area contributed by atoms with E-state index in [9.17, 15) is 22.8 Å². The van der Waals surface area contributed by atoms with E-state index < -0.39 is 12.1 Å². The molecule has 0 spiro atoms. The number of nitrogens with zero attached hydrogens (tertiary/aromatic N) is 2. The van der Waals surface area contributed by atoms with Gasteiger partial charge in [0.1, 0.15) is 6.33 Å². The molecule has 1 heterocycles. The zero-order valence-corrected chi connectivity index (χ0v) is 23.3. The minimum atomic E-state index is -4.19. The molecule has 0 bridgehead atoms. The smallest absolute Gasteiger partial charge is 0.353 e. The SMILES string of the molecule is C=CC(=O)NC1CC(c2cc(C3CCC(C(=O)NC4CCCC(C(F)(F)F)C4)CC3)cc3cncnc23)CC2CC21. The zero-order valence-electron chi connectivity index (χ0n) is 23.3. The van der Waals surface area contributed by atoms with Crippen LogP contribution in [-0.2, 0) is 9.59 Å². The molecule has 2 amide bonds. The molecule has 2 aromatic rings. The number of hydrogen-bond acceptors (Lipinski definition) is 4. The largest absolute Gasteiger partial charge is 0.391 e. The van der Waals surface area contributed by atoms with Crippen molar-refractivity contribution in [3.63, 3.8) is 0 Å². The van der Waals surface area contributed by atoms with Crippen LogP contribution >= 0.6 is 0 Å². The highest BCUT2D eigenvalue weighted by Crippen LogP contribution is 2.55. The molecular formula is C32H39F3N4O2. The molecule has 1 aromatic carbocycles. The van der Waals surface area contributed by atoms with E-state index in [1.807, 2.05) is 6.20 Å². The van der Waals surface area contributed by atoms with Crippen molar-refractivity contribution in [1.29, 1.82) is 0 Å². The van der Waals surface area contributed by atoms with E-state index in [0.29, 0.717) is 36.5 Å². The van der Waals surface area contributed by atoms with Gasteiger partial charge in [0, 0.05) is 29.6 Å². The molecule has 41 heavy (non-hydrogen) atoms. The molecule has 4 aliphatic carbocycles. The van der Waals surface area contributed by atoms with Crippen molar-refractivity contribution in [2.75, 3.05) is 0 Å². The maximum Gasteiger partial charge on any atom is 0.391 e. The summed E-state index contributed by atoms with van der Waals surface area (Å²) in [5.74, 6) is 0.100. The van der Waals surface area contributed by atoms with Crippen molar-refractivity contribution in [3.8, 4) is 0 Å².